The third-order valence-electron chi connectivity index (χ3n) is 3.82. The third-order valence-corrected chi connectivity index (χ3v) is 7.20. The molecule has 0 aromatic rings. The number of fused-ring (bicyclic) bond motifs is 2. The van der Waals surface area contributed by atoms with Gasteiger partial charge in [0, 0.05) is 17.3 Å². The first-order valence-electron chi connectivity index (χ1n) is 6.48. The molecule has 3 nitrogen and oxygen atoms in total. The zero-order valence-electron chi connectivity index (χ0n) is 10.9. The van der Waals surface area contributed by atoms with E-state index in [0.717, 1.165) is 25.7 Å². The van der Waals surface area contributed by atoms with Crippen LogP contribution in [0.15, 0.2) is 0 Å². The Hall–Kier alpha value is 0.260. The fourth-order valence-electron chi connectivity index (χ4n) is 3.24. The molecule has 0 saturated carbocycles. The van der Waals surface area contributed by atoms with E-state index in [4.69, 9.17) is 0 Å². The Labute approximate surface area is 109 Å². The Bertz CT molecular complexity index is 353. The number of thioether (sulfide) groups is 1. The van der Waals surface area contributed by atoms with Crippen molar-refractivity contribution in [1.29, 1.82) is 0 Å². The van der Waals surface area contributed by atoms with E-state index >= 15 is 0 Å². The smallest absolute Gasteiger partial charge is 0.212 e. The SMILES string of the molecule is CSC1CC2CCC(C1)N2S(=O)(=O)CC(C)C. The van der Waals surface area contributed by atoms with Crippen LogP contribution in [-0.2, 0) is 10.0 Å². The Morgan fingerprint density at radius 1 is 1.24 bits per heavy atom. The maximum atomic E-state index is 12.4. The molecule has 2 fully saturated rings. The molecule has 2 saturated heterocycles. The summed E-state index contributed by atoms with van der Waals surface area (Å²) in [4.78, 5) is 0. The molecule has 2 atom stereocenters. The average molecular weight is 277 g/mol. The molecular weight excluding hydrogens is 254 g/mol. The van der Waals surface area contributed by atoms with Gasteiger partial charge in [0.05, 0.1) is 5.75 Å². The fourth-order valence-corrected chi connectivity index (χ4v) is 6.37. The quantitative estimate of drug-likeness (QED) is 0.791. The lowest BCUT2D eigenvalue weighted by Gasteiger charge is -2.37. The second-order valence-electron chi connectivity index (χ2n) is 5.72. The van der Waals surface area contributed by atoms with Gasteiger partial charge in [-0.15, -0.1) is 0 Å². The second-order valence-corrected chi connectivity index (χ2v) is 8.77. The van der Waals surface area contributed by atoms with Crippen molar-refractivity contribution in [3.05, 3.63) is 0 Å². The summed E-state index contributed by atoms with van der Waals surface area (Å²) in [6, 6.07) is 0.574. The lowest BCUT2D eigenvalue weighted by atomic mass is 10.1. The average Bonchev–Trinajstić information content (AvgIpc) is 2.49. The van der Waals surface area contributed by atoms with E-state index in [1.54, 1.807) is 0 Å². The highest BCUT2D eigenvalue weighted by Gasteiger charge is 2.46. The van der Waals surface area contributed by atoms with E-state index in [9.17, 15) is 8.42 Å². The second kappa shape index (κ2) is 5.10. The molecule has 0 spiro atoms. The summed E-state index contributed by atoms with van der Waals surface area (Å²) in [5, 5.41) is 0.665. The maximum absolute atomic E-state index is 12.4. The van der Waals surface area contributed by atoms with Gasteiger partial charge in [-0.25, -0.2) is 8.42 Å². The molecule has 0 amide bonds. The van der Waals surface area contributed by atoms with E-state index in [0.29, 0.717) is 11.0 Å². The Kier molecular flexibility index (Phi) is 4.10. The Balaban J connectivity index is 2.14. The molecule has 2 bridgehead atoms. The number of rotatable bonds is 4. The van der Waals surface area contributed by atoms with Crippen LogP contribution in [0.4, 0.5) is 0 Å². The van der Waals surface area contributed by atoms with Crippen molar-refractivity contribution in [2.75, 3.05) is 12.0 Å². The van der Waals surface area contributed by atoms with E-state index in [-0.39, 0.29) is 18.0 Å². The molecule has 2 aliphatic rings. The first kappa shape index (κ1) is 13.7. The lowest BCUT2D eigenvalue weighted by Crippen LogP contribution is -2.48. The van der Waals surface area contributed by atoms with Gasteiger partial charge < -0.3 is 0 Å². The summed E-state index contributed by atoms with van der Waals surface area (Å²) in [7, 11) is -3.03. The lowest BCUT2D eigenvalue weighted by molar-refractivity contribution is 0.252. The molecule has 2 aliphatic heterocycles. The summed E-state index contributed by atoms with van der Waals surface area (Å²) in [5.41, 5.74) is 0. The van der Waals surface area contributed by atoms with Gasteiger partial charge in [-0.05, 0) is 37.9 Å². The van der Waals surface area contributed by atoms with Crippen LogP contribution < -0.4 is 0 Å². The number of nitrogens with zero attached hydrogens (tertiary/aromatic N) is 1. The van der Waals surface area contributed by atoms with Crippen LogP contribution in [0.1, 0.15) is 39.5 Å². The number of piperidine rings is 1. The molecule has 100 valence electrons. The number of sulfonamides is 1. The zero-order valence-corrected chi connectivity index (χ0v) is 12.6. The van der Waals surface area contributed by atoms with E-state index < -0.39 is 10.0 Å². The first-order valence-corrected chi connectivity index (χ1v) is 9.37. The van der Waals surface area contributed by atoms with Crippen LogP contribution in [0.3, 0.4) is 0 Å². The molecular formula is C12H23NO2S2. The van der Waals surface area contributed by atoms with Crippen LogP contribution in [0, 0.1) is 5.92 Å². The molecule has 0 N–H and O–H groups in total. The third kappa shape index (κ3) is 2.82. The normalized spacial score (nSPS) is 34.5. The summed E-state index contributed by atoms with van der Waals surface area (Å²) >= 11 is 1.90. The maximum Gasteiger partial charge on any atom is 0.214 e. The Morgan fingerprint density at radius 2 is 1.76 bits per heavy atom. The largest absolute Gasteiger partial charge is 0.214 e. The van der Waals surface area contributed by atoms with Crippen molar-refractivity contribution < 1.29 is 8.42 Å². The van der Waals surface area contributed by atoms with Crippen molar-refractivity contribution in [2.24, 2.45) is 5.92 Å². The molecule has 17 heavy (non-hydrogen) atoms. The predicted octanol–water partition coefficient (Wildman–Crippen LogP) is 2.33. The topological polar surface area (TPSA) is 37.4 Å². The van der Waals surface area contributed by atoms with E-state index in [1.807, 2.05) is 29.9 Å². The summed E-state index contributed by atoms with van der Waals surface area (Å²) in [6.07, 6.45) is 6.38. The van der Waals surface area contributed by atoms with E-state index in [2.05, 4.69) is 6.26 Å². The van der Waals surface area contributed by atoms with Crippen LogP contribution in [0.25, 0.3) is 0 Å². The monoisotopic (exact) mass is 277 g/mol. The zero-order chi connectivity index (χ0) is 12.6. The van der Waals surface area contributed by atoms with Crippen molar-refractivity contribution in [3.63, 3.8) is 0 Å². The Morgan fingerprint density at radius 3 is 2.18 bits per heavy atom. The van der Waals surface area contributed by atoms with Gasteiger partial charge in [-0.2, -0.15) is 16.1 Å². The minimum absolute atomic E-state index is 0.220. The predicted molar refractivity (Wildman–Crippen MR) is 73.8 cm³/mol. The van der Waals surface area contributed by atoms with Gasteiger partial charge in [0.2, 0.25) is 10.0 Å². The van der Waals surface area contributed by atoms with Crippen LogP contribution in [-0.4, -0.2) is 42.1 Å². The fraction of sp³-hybridized carbons (Fsp3) is 1.00. The molecule has 0 aromatic carbocycles. The highest BCUT2D eigenvalue weighted by Crippen LogP contribution is 2.41. The minimum atomic E-state index is -3.03. The van der Waals surface area contributed by atoms with Gasteiger partial charge in [0.1, 0.15) is 0 Å². The first-order chi connectivity index (χ1) is 7.94. The minimum Gasteiger partial charge on any atom is -0.212 e. The van der Waals surface area contributed by atoms with Gasteiger partial charge in [-0.1, -0.05) is 13.8 Å². The standard InChI is InChI=1S/C12H23NO2S2/c1-9(2)8-17(14,15)13-10-4-5-11(13)7-12(6-10)16-3/h9-12H,4-8H2,1-3H3. The van der Waals surface area contributed by atoms with Crippen molar-refractivity contribution >= 4 is 21.8 Å². The van der Waals surface area contributed by atoms with Crippen LogP contribution in [0.2, 0.25) is 0 Å². The van der Waals surface area contributed by atoms with Crippen molar-refractivity contribution in [2.45, 2.75) is 56.9 Å². The van der Waals surface area contributed by atoms with Crippen molar-refractivity contribution in [3.8, 4) is 0 Å². The summed E-state index contributed by atoms with van der Waals surface area (Å²) in [5.74, 6) is 0.530. The van der Waals surface area contributed by atoms with Gasteiger partial charge in [0.25, 0.3) is 0 Å². The van der Waals surface area contributed by atoms with Crippen molar-refractivity contribution in [1.82, 2.24) is 4.31 Å². The van der Waals surface area contributed by atoms with E-state index in [1.165, 1.54) is 0 Å². The molecule has 0 radical (unpaired) electrons. The summed E-state index contributed by atoms with van der Waals surface area (Å²) < 4.78 is 26.6. The number of hydrogen-bond donors (Lipinski definition) is 0. The molecule has 2 rings (SSSR count). The molecule has 0 aromatic heterocycles. The van der Waals surface area contributed by atoms with Gasteiger partial charge >= 0.3 is 0 Å². The number of hydrogen-bond acceptors (Lipinski definition) is 3. The van der Waals surface area contributed by atoms with Gasteiger partial charge in [-0.3, -0.25) is 0 Å². The highest BCUT2D eigenvalue weighted by atomic mass is 32.2. The molecule has 2 heterocycles. The van der Waals surface area contributed by atoms with Gasteiger partial charge in [0.15, 0.2) is 0 Å². The highest BCUT2D eigenvalue weighted by molar-refractivity contribution is 7.99. The molecule has 5 heteroatoms. The van der Waals surface area contributed by atoms with Crippen LogP contribution >= 0.6 is 11.8 Å². The van der Waals surface area contributed by atoms with Crippen LogP contribution in [0.5, 0.6) is 0 Å². The molecule has 2 unspecified atom stereocenters. The summed E-state index contributed by atoms with van der Waals surface area (Å²) in [6.45, 7) is 3.96. The molecule has 0 aliphatic carbocycles.